The van der Waals surface area contributed by atoms with Gasteiger partial charge in [-0.3, -0.25) is 9.59 Å². The highest BCUT2D eigenvalue weighted by atomic mass is 35.5. The third-order valence-electron chi connectivity index (χ3n) is 8.71. The van der Waals surface area contributed by atoms with Crippen molar-refractivity contribution in [2.24, 2.45) is 5.41 Å². The topological polar surface area (TPSA) is 53.1 Å². The Hall–Kier alpha value is -2.73. The molecule has 2 saturated heterocycles. The van der Waals surface area contributed by atoms with Gasteiger partial charge in [0.1, 0.15) is 12.4 Å². The summed E-state index contributed by atoms with van der Waals surface area (Å²) >= 11 is 6.49. The zero-order valence-electron chi connectivity index (χ0n) is 22.6. The highest BCUT2D eigenvalue weighted by Crippen LogP contribution is 2.40. The van der Waals surface area contributed by atoms with Crippen LogP contribution in [0, 0.1) is 5.41 Å². The molecule has 0 N–H and O–H groups in total. The molecule has 0 radical (unpaired) electrons. The minimum absolute atomic E-state index is 0.0357. The number of likely N-dealkylation sites (N-methyl/N-ethyl adjacent to an activating group) is 1. The molecule has 0 saturated carbocycles. The zero-order valence-corrected chi connectivity index (χ0v) is 23.3. The number of para-hydroxylation sites is 1. The largest absolute Gasteiger partial charge is 0.491 e. The Morgan fingerprint density at radius 3 is 2.45 bits per heavy atom. The number of nitrogens with zero attached hydrogens (tertiary/aromatic N) is 3. The van der Waals surface area contributed by atoms with Crippen LogP contribution in [0.1, 0.15) is 67.3 Å². The van der Waals surface area contributed by atoms with E-state index >= 15 is 0 Å². The first kappa shape index (κ1) is 26.9. The van der Waals surface area contributed by atoms with Crippen LogP contribution in [0.5, 0.6) is 5.75 Å². The van der Waals surface area contributed by atoms with Crippen molar-refractivity contribution in [1.82, 2.24) is 9.80 Å². The first-order valence-electron chi connectivity index (χ1n) is 14.3. The third kappa shape index (κ3) is 5.80. The molecule has 0 atom stereocenters. The smallest absolute Gasteiger partial charge is 0.253 e. The van der Waals surface area contributed by atoms with Crippen molar-refractivity contribution in [2.45, 2.75) is 57.8 Å². The van der Waals surface area contributed by atoms with Gasteiger partial charge in [-0.1, -0.05) is 42.6 Å². The summed E-state index contributed by atoms with van der Waals surface area (Å²) in [5.74, 6) is 1.17. The van der Waals surface area contributed by atoms with E-state index in [0.29, 0.717) is 49.7 Å². The van der Waals surface area contributed by atoms with Crippen molar-refractivity contribution < 1.29 is 14.3 Å². The molecule has 1 spiro atoms. The second-order valence-electron chi connectivity index (χ2n) is 11.2. The van der Waals surface area contributed by atoms with E-state index in [1.807, 2.05) is 47.2 Å². The van der Waals surface area contributed by atoms with E-state index in [4.69, 9.17) is 16.3 Å². The minimum Gasteiger partial charge on any atom is -0.491 e. The molecule has 3 aliphatic heterocycles. The van der Waals surface area contributed by atoms with Crippen molar-refractivity contribution in [3.63, 3.8) is 0 Å². The van der Waals surface area contributed by atoms with Crippen molar-refractivity contribution in [2.75, 3.05) is 51.3 Å². The number of ether oxygens (including phenoxy) is 1. The predicted molar refractivity (Wildman–Crippen MR) is 152 cm³/mol. The second kappa shape index (κ2) is 12.0. The highest BCUT2D eigenvalue weighted by molar-refractivity contribution is 6.33. The molecule has 2 aromatic carbocycles. The number of carbonyl (C=O) groups is 2. The lowest BCUT2D eigenvalue weighted by Crippen LogP contribution is -2.51. The summed E-state index contributed by atoms with van der Waals surface area (Å²) in [7, 11) is 1.89. The van der Waals surface area contributed by atoms with Gasteiger partial charge in [-0.05, 0) is 74.8 Å². The maximum absolute atomic E-state index is 13.8. The van der Waals surface area contributed by atoms with Crippen LogP contribution in [0.25, 0.3) is 0 Å². The van der Waals surface area contributed by atoms with Crippen LogP contribution in [0.2, 0.25) is 5.02 Å². The van der Waals surface area contributed by atoms with Crippen molar-refractivity contribution >= 4 is 29.1 Å². The van der Waals surface area contributed by atoms with E-state index in [1.54, 1.807) is 0 Å². The molecular formula is C31H40ClN3O3. The average Bonchev–Trinajstić information content (AvgIpc) is 3.48. The summed E-state index contributed by atoms with van der Waals surface area (Å²) in [6, 6.07) is 13.9. The molecule has 7 heteroatoms. The first-order valence-corrected chi connectivity index (χ1v) is 14.6. The lowest BCUT2D eigenvalue weighted by Gasteiger charge is -2.42. The van der Waals surface area contributed by atoms with Gasteiger partial charge in [-0.25, -0.2) is 0 Å². The molecule has 0 aliphatic carbocycles. The number of anilines is 1. The fourth-order valence-electron chi connectivity index (χ4n) is 6.34. The van der Waals surface area contributed by atoms with Crippen LogP contribution >= 0.6 is 11.6 Å². The number of amides is 2. The van der Waals surface area contributed by atoms with Gasteiger partial charge in [0.25, 0.3) is 5.91 Å². The Morgan fingerprint density at radius 1 is 0.895 bits per heavy atom. The summed E-state index contributed by atoms with van der Waals surface area (Å²) < 4.78 is 6.09. The molecule has 38 heavy (non-hydrogen) atoms. The van der Waals surface area contributed by atoms with Gasteiger partial charge in [0.05, 0.1) is 22.7 Å². The van der Waals surface area contributed by atoms with Gasteiger partial charge in [-0.2, -0.15) is 0 Å². The van der Waals surface area contributed by atoms with Crippen molar-refractivity contribution in [3.8, 4) is 5.75 Å². The normalized spacial score (nSPS) is 20.8. The molecule has 204 valence electrons. The van der Waals surface area contributed by atoms with Gasteiger partial charge in [0.2, 0.25) is 5.91 Å². The first-order chi connectivity index (χ1) is 18.5. The van der Waals surface area contributed by atoms with Crippen LogP contribution in [-0.2, 0) is 11.2 Å². The number of benzene rings is 2. The Labute approximate surface area is 231 Å². The standard InChI is InChI=1S/C31H40ClN3O3/c1-33-21-22-38-28-11-5-4-10-24(28)9-3-2-6-14-31(30(33)37)15-19-35(20-16-31)29(36)25-12-13-26(32)27(23-25)34-17-7-8-18-34/h4-5,10-13,23H,2-3,6-9,14-22H2,1H3. The van der Waals surface area contributed by atoms with Crippen molar-refractivity contribution in [3.05, 3.63) is 58.6 Å². The van der Waals surface area contributed by atoms with Crippen LogP contribution in [0.3, 0.4) is 0 Å². The van der Waals surface area contributed by atoms with Gasteiger partial charge < -0.3 is 19.4 Å². The van der Waals surface area contributed by atoms with E-state index < -0.39 is 5.41 Å². The number of halogens is 1. The predicted octanol–water partition coefficient (Wildman–Crippen LogP) is 5.82. The zero-order chi connectivity index (χ0) is 26.5. The van der Waals surface area contributed by atoms with E-state index in [-0.39, 0.29) is 11.8 Å². The maximum atomic E-state index is 13.8. The number of hydrogen-bond donors (Lipinski definition) is 0. The highest BCUT2D eigenvalue weighted by Gasteiger charge is 2.43. The lowest BCUT2D eigenvalue weighted by atomic mass is 9.73. The summed E-state index contributed by atoms with van der Waals surface area (Å²) in [6.07, 6.45) is 8.78. The maximum Gasteiger partial charge on any atom is 0.253 e. The lowest BCUT2D eigenvalue weighted by molar-refractivity contribution is -0.144. The molecule has 2 fully saturated rings. The van der Waals surface area contributed by atoms with E-state index in [2.05, 4.69) is 17.0 Å². The van der Waals surface area contributed by atoms with Gasteiger partial charge >= 0.3 is 0 Å². The SMILES string of the molecule is CN1CCOc2ccccc2CCCCCC2(CCN(C(=O)c3ccc(Cl)c(N4CCCC4)c3)CC2)C1=O. The molecule has 0 unspecified atom stereocenters. The molecule has 2 amide bonds. The average molecular weight is 538 g/mol. The number of carbonyl (C=O) groups excluding carboxylic acids is 2. The summed E-state index contributed by atoms with van der Waals surface area (Å²) in [5, 5.41) is 0.700. The number of hydrogen-bond acceptors (Lipinski definition) is 4. The fourth-order valence-corrected chi connectivity index (χ4v) is 6.58. The summed E-state index contributed by atoms with van der Waals surface area (Å²) in [5.41, 5.74) is 2.48. The number of piperidine rings is 1. The van der Waals surface area contributed by atoms with Gasteiger partial charge in [0, 0.05) is 38.8 Å². The quantitative estimate of drug-likeness (QED) is 0.484. The number of likely N-dealkylation sites (tertiary alicyclic amines) is 1. The Bertz CT molecular complexity index is 1140. The number of fused-ring (bicyclic) bond motifs is 1. The molecule has 0 bridgehead atoms. The van der Waals surface area contributed by atoms with Crippen LogP contribution in [0.15, 0.2) is 42.5 Å². The Morgan fingerprint density at radius 2 is 1.66 bits per heavy atom. The van der Waals surface area contributed by atoms with Gasteiger partial charge in [0.15, 0.2) is 0 Å². The Balaban J connectivity index is 1.26. The number of aryl methyl sites for hydroxylation is 1. The molecule has 6 nitrogen and oxygen atoms in total. The minimum atomic E-state index is -0.410. The number of rotatable bonds is 2. The third-order valence-corrected chi connectivity index (χ3v) is 9.03. The van der Waals surface area contributed by atoms with Gasteiger partial charge in [-0.15, -0.1) is 0 Å². The van der Waals surface area contributed by atoms with Crippen LogP contribution in [0.4, 0.5) is 5.69 Å². The second-order valence-corrected chi connectivity index (χ2v) is 11.6. The van der Waals surface area contributed by atoms with Crippen LogP contribution < -0.4 is 9.64 Å². The summed E-state index contributed by atoms with van der Waals surface area (Å²) in [4.78, 5) is 33.3. The molecule has 0 aromatic heterocycles. The monoisotopic (exact) mass is 537 g/mol. The van der Waals surface area contributed by atoms with E-state index in [1.165, 1.54) is 5.56 Å². The molecule has 5 rings (SSSR count). The van der Waals surface area contributed by atoms with E-state index in [9.17, 15) is 9.59 Å². The molecule has 3 heterocycles. The molecule has 2 aromatic rings. The fraction of sp³-hybridized carbons (Fsp3) is 0.548. The van der Waals surface area contributed by atoms with E-state index in [0.717, 1.165) is 69.5 Å². The summed E-state index contributed by atoms with van der Waals surface area (Å²) in [6.45, 7) is 4.20. The van der Waals surface area contributed by atoms with Crippen LogP contribution in [-0.4, -0.2) is 68.0 Å². The molecule has 3 aliphatic rings. The molecular weight excluding hydrogens is 498 g/mol. The Kier molecular flexibility index (Phi) is 8.47. The van der Waals surface area contributed by atoms with Crippen molar-refractivity contribution in [1.29, 1.82) is 0 Å².